The van der Waals surface area contributed by atoms with E-state index in [4.69, 9.17) is 46.4 Å². The summed E-state index contributed by atoms with van der Waals surface area (Å²) in [4.78, 5) is 25.0. The molecule has 1 aromatic rings. The number of nitrogens with zero attached hydrogens (tertiary/aromatic N) is 1. The number of hydrogen-bond acceptors (Lipinski definition) is 3. The molecule has 21 heavy (non-hydrogen) atoms. The smallest absolute Gasteiger partial charge is 0.340 e. The van der Waals surface area contributed by atoms with Crippen molar-refractivity contribution in [1.82, 2.24) is 0 Å². The van der Waals surface area contributed by atoms with Gasteiger partial charge in [0.2, 0.25) is 0 Å². The molecule has 0 radical (unpaired) electrons. The number of ether oxygens (including phenoxy) is 1. The molecule has 0 aromatic heterocycles. The van der Waals surface area contributed by atoms with E-state index in [2.05, 4.69) is 4.74 Å². The van der Waals surface area contributed by atoms with E-state index >= 15 is 0 Å². The normalized spacial score (nSPS) is 14.3. The zero-order chi connectivity index (χ0) is 15.7. The maximum atomic E-state index is 12.1. The highest BCUT2D eigenvalue weighted by molar-refractivity contribution is 6.57. The molecule has 1 heterocycles. The zero-order valence-corrected chi connectivity index (χ0v) is 13.5. The minimum atomic E-state index is -0.729. The molecule has 1 amide bonds. The first kappa shape index (κ1) is 16.2. The molecule has 0 aliphatic carbocycles. The summed E-state index contributed by atoms with van der Waals surface area (Å²) in [6.07, 6.45) is 1.08. The molecule has 110 valence electrons. The highest BCUT2D eigenvalue weighted by atomic mass is 35.5. The first-order valence-electron chi connectivity index (χ1n) is 5.51. The number of benzene rings is 1. The topological polar surface area (TPSA) is 46.6 Å². The summed E-state index contributed by atoms with van der Waals surface area (Å²) < 4.78 is 4.35. The summed E-state index contributed by atoms with van der Waals surface area (Å²) in [5, 5.41) is 0.642. The van der Waals surface area contributed by atoms with Crippen LogP contribution in [0.3, 0.4) is 0 Å². The van der Waals surface area contributed by atoms with Crippen LogP contribution in [0.5, 0.6) is 0 Å². The molecular formula is C13H7Cl4NO3. The van der Waals surface area contributed by atoms with Crippen molar-refractivity contribution >= 4 is 64.0 Å². The summed E-state index contributed by atoms with van der Waals surface area (Å²) in [7, 11) is 1.19. The van der Waals surface area contributed by atoms with Gasteiger partial charge in [0.1, 0.15) is 4.49 Å². The average molecular weight is 367 g/mol. The molecule has 1 aliphatic heterocycles. The molecule has 1 aliphatic rings. The van der Waals surface area contributed by atoms with Crippen LogP contribution in [0.15, 0.2) is 40.0 Å². The van der Waals surface area contributed by atoms with E-state index in [0.717, 1.165) is 11.0 Å². The predicted molar refractivity (Wildman–Crippen MR) is 82.8 cm³/mol. The number of hydrogen-bond donors (Lipinski definition) is 0. The lowest BCUT2D eigenvalue weighted by Gasteiger charge is -2.20. The van der Waals surface area contributed by atoms with Crippen LogP contribution in [0.2, 0.25) is 10.0 Å². The third-order valence-electron chi connectivity index (χ3n) is 2.66. The van der Waals surface area contributed by atoms with Gasteiger partial charge in [-0.15, -0.1) is 0 Å². The third kappa shape index (κ3) is 3.19. The maximum Gasteiger partial charge on any atom is 0.340 e. The van der Waals surface area contributed by atoms with Gasteiger partial charge >= 0.3 is 5.97 Å². The van der Waals surface area contributed by atoms with E-state index in [1.807, 2.05) is 0 Å². The van der Waals surface area contributed by atoms with Gasteiger partial charge in [-0.05, 0) is 18.2 Å². The van der Waals surface area contributed by atoms with E-state index in [1.165, 1.54) is 25.3 Å². The van der Waals surface area contributed by atoms with Gasteiger partial charge < -0.3 is 4.74 Å². The van der Waals surface area contributed by atoms with Gasteiger partial charge in [0.25, 0.3) is 5.91 Å². The van der Waals surface area contributed by atoms with Gasteiger partial charge in [-0.1, -0.05) is 46.4 Å². The Morgan fingerprint density at radius 2 is 1.71 bits per heavy atom. The summed E-state index contributed by atoms with van der Waals surface area (Å²) in [5.41, 5.74) is 0.313. The SMILES string of the molecule is COC(=O)C1=CC(=O)N(c2cc(Cl)cc(Cl)c2)C1=C(Cl)Cl. The molecule has 0 saturated heterocycles. The van der Waals surface area contributed by atoms with Crippen molar-refractivity contribution in [1.29, 1.82) is 0 Å². The van der Waals surface area contributed by atoms with Crippen molar-refractivity contribution in [3.05, 3.63) is 50.1 Å². The number of amides is 1. The number of esters is 1. The zero-order valence-electron chi connectivity index (χ0n) is 10.5. The van der Waals surface area contributed by atoms with E-state index in [-0.39, 0.29) is 15.8 Å². The summed E-state index contributed by atoms with van der Waals surface area (Å²) in [5.74, 6) is -1.24. The minimum absolute atomic E-state index is 0.0218. The Labute approximate surface area is 140 Å². The molecule has 0 bridgehead atoms. The number of carbonyl (C=O) groups is 2. The Bertz CT molecular complexity index is 672. The van der Waals surface area contributed by atoms with Crippen molar-refractivity contribution < 1.29 is 14.3 Å². The fraction of sp³-hybridized carbons (Fsp3) is 0.0769. The van der Waals surface area contributed by atoms with Gasteiger partial charge in [-0.3, -0.25) is 9.69 Å². The molecule has 0 N–H and O–H groups in total. The molecule has 0 fully saturated rings. The molecule has 4 nitrogen and oxygen atoms in total. The first-order valence-corrected chi connectivity index (χ1v) is 7.02. The van der Waals surface area contributed by atoms with Gasteiger partial charge in [0, 0.05) is 16.1 Å². The molecule has 2 rings (SSSR count). The van der Waals surface area contributed by atoms with Crippen molar-refractivity contribution in [2.75, 3.05) is 12.0 Å². The second-order valence-electron chi connectivity index (χ2n) is 3.96. The van der Waals surface area contributed by atoms with Crippen LogP contribution in [0.1, 0.15) is 0 Å². The molecule has 0 spiro atoms. The van der Waals surface area contributed by atoms with Crippen molar-refractivity contribution in [3.8, 4) is 0 Å². The monoisotopic (exact) mass is 365 g/mol. The summed E-state index contributed by atoms with van der Waals surface area (Å²) in [6, 6.07) is 4.50. The van der Waals surface area contributed by atoms with Crippen LogP contribution in [0.25, 0.3) is 0 Å². The number of rotatable bonds is 2. The Balaban J connectivity index is 2.57. The second kappa shape index (κ2) is 6.28. The third-order valence-corrected chi connectivity index (χ3v) is 3.45. The standard InChI is InChI=1S/C13H7Cl4NO3/c1-21-13(20)9-5-10(19)18(11(9)12(16)17)8-3-6(14)2-7(15)4-8/h2-5H,1H3. The lowest BCUT2D eigenvalue weighted by atomic mass is 10.2. The van der Waals surface area contributed by atoms with Gasteiger partial charge in [-0.2, -0.15) is 0 Å². The highest BCUT2D eigenvalue weighted by Gasteiger charge is 2.35. The van der Waals surface area contributed by atoms with Gasteiger partial charge in [0.05, 0.1) is 24.1 Å². The van der Waals surface area contributed by atoms with E-state index in [9.17, 15) is 9.59 Å². The number of halogens is 4. The fourth-order valence-corrected chi connectivity index (χ4v) is 2.75. The second-order valence-corrected chi connectivity index (χ2v) is 5.78. The van der Waals surface area contributed by atoms with Crippen molar-refractivity contribution in [2.24, 2.45) is 0 Å². The fourth-order valence-electron chi connectivity index (χ4n) is 1.86. The van der Waals surface area contributed by atoms with E-state index in [0.29, 0.717) is 15.7 Å². The van der Waals surface area contributed by atoms with Gasteiger partial charge in [-0.25, -0.2) is 4.79 Å². The first-order chi connectivity index (χ1) is 9.85. The van der Waals surface area contributed by atoms with Crippen LogP contribution in [-0.4, -0.2) is 19.0 Å². The van der Waals surface area contributed by atoms with Crippen LogP contribution >= 0.6 is 46.4 Å². The lowest BCUT2D eigenvalue weighted by Crippen LogP contribution is -2.25. The molecule has 8 heteroatoms. The maximum absolute atomic E-state index is 12.1. The highest BCUT2D eigenvalue weighted by Crippen LogP contribution is 2.37. The Morgan fingerprint density at radius 1 is 1.14 bits per heavy atom. The van der Waals surface area contributed by atoms with Crippen LogP contribution in [0.4, 0.5) is 5.69 Å². The molecule has 0 saturated carbocycles. The average Bonchev–Trinajstić information content (AvgIpc) is 2.74. The van der Waals surface area contributed by atoms with E-state index in [1.54, 1.807) is 0 Å². The van der Waals surface area contributed by atoms with Crippen molar-refractivity contribution in [2.45, 2.75) is 0 Å². The lowest BCUT2D eigenvalue weighted by molar-refractivity contribution is -0.135. The Morgan fingerprint density at radius 3 is 2.19 bits per heavy atom. The Kier molecular flexibility index (Phi) is 4.84. The summed E-state index contributed by atoms with van der Waals surface area (Å²) >= 11 is 23.4. The van der Waals surface area contributed by atoms with Crippen LogP contribution in [0, 0.1) is 0 Å². The van der Waals surface area contributed by atoms with Crippen LogP contribution < -0.4 is 4.90 Å². The van der Waals surface area contributed by atoms with Gasteiger partial charge in [0.15, 0.2) is 0 Å². The van der Waals surface area contributed by atoms with E-state index < -0.39 is 11.9 Å². The van der Waals surface area contributed by atoms with Crippen LogP contribution in [-0.2, 0) is 14.3 Å². The quantitative estimate of drug-likeness (QED) is 0.740. The molecule has 0 atom stereocenters. The number of methoxy groups -OCH3 is 1. The molecular weight excluding hydrogens is 360 g/mol. The predicted octanol–water partition coefficient (Wildman–Crippen LogP) is 4.09. The van der Waals surface area contributed by atoms with Crippen molar-refractivity contribution in [3.63, 3.8) is 0 Å². The largest absolute Gasteiger partial charge is 0.465 e. The Hall–Kier alpha value is -1.20. The number of anilines is 1. The number of carbonyl (C=O) groups excluding carboxylic acids is 2. The molecule has 0 unspecified atom stereocenters. The minimum Gasteiger partial charge on any atom is -0.465 e. The molecule has 1 aromatic carbocycles. The summed E-state index contributed by atoms with van der Waals surface area (Å²) in [6.45, 7) is 0.